The summed E-state index contributed by atoms with van der Waals surface area (Å²) in [5, 5.41) is 0. The molecule has 0 aliphatic heterocycles. The third-order valence-electron chi connectivity index (χ3n) is 9.45. The Morgan fingerprint density at radius 2 is 1.74 bits per heavy atom. The van der Waals surface area contributed by atoms with Gasteiger partial charge in [-0.1, -0.05) is 36.8 Å². The van der Waals surface area contributed by atoms with Crippen LogP contribution in [-0.4, -0.2) is 17.2 Å². The average Bonchev–Trinajstić information content (AvgIpc) is 3.08. The molecule has 0 N–H and O–H groups in total. The van der Waals surface area contributed by atoms with Crippen LogP contribution in [0.1, 0.15) is 87.6 Å². The van der Waals surface area contributed by atoms with Crippen molar-refractivity contribution in [1.82, 2.24) is 0 Å². The second-order valence-electron chi connectivity index (χ2n) is 11.1. The van der Waals surface area contributed by atoms with Gasteiger partial charge in [-0.3, -0.25) is 9.59 Å². The highest BCUT2D eigenvalue weighted by Gasteiger charge is 2.63. The molecule has 2 saturated carbocycles. The zero-order valence-electron chi connectivity index (χ0n) is 20.4. The quantitative estimate of drug-likeness (QED) is 0.326. The molecule has 35 heavy (non-hydrogen) atoms. The highest BCUT2D eigenvalue weighted by atomic mass is 19.3. The Hall–Kier alpha value is -2.63. The van der Waals surface area contributed by atoms with E-state index in [-0.39, 0.29) is 29.3 Å². The summed E-state index contributed by atoms with van der Waals surface area (Å²) in [6.45, 7) is 5.38. The standard InChI is InChI=1S/C29H31F3O3/c1-16(33)17-4-6-18(7-5-17)23-15-28(2)24(12-13-29(28,3)35-27(32)26(30)31)22-10-8-19-14-20(34)9-11-21(19)25(22)23/h4-7,14,22-24H,8-13,15H2,1-3H3/t22?,23-,24?,28+,29+/m1/s1. The van der Waals surface area contributed by atoms with Gasteiger partial charge in [-0.25, -0.2) is 0 Å². The number of ether oxygens (including phenoxy) is 1. The van der Waals surface area contributed by atoms with E-state index in [1.165, 1.54) is 18.1 Å². The van der Waals surface area contributed by atoms with Crippen LogP contribution in [0.25, 0.3) is 0 Å². The lowest BCUT2D eigenvalue weighted by Crippen LogP contribution is -2.51. The monoisotopic (exact) mass is 484 g/mol. The summed E-state index contributed by atoms with van der Waals surface area (Å²) in [5.74, 6) is 0.547. The number of fused-ring (bicyclic) bond motifs is 4. The van der Waals surface area contributed by atoms with Crippen molar-refractivity contribution in [2.24, 2.45) is 17.3 Å². The van der Waals surface area contributed by atoms with E-state index in [1.54, 1.807) is 13.0 Å². The molecule has 0 aromatic heterocycles. The predicted octanol–water partition coefficient (Wildman–Crippen LogP) is 7.60. The maximum atomic E-state index is 14.1. The van der Waals surface area contributed by atoms with Crippen molar-refractivity contribution in [3.8, 4) is 0 Å². The molecule has 186 valence electrons. The minimum atomic E-state index is -2.42. The Bertz CT molecular complexity index is 1170. The van der Waals surface area contributed by atoms with Crippen molar-refractivity contribution < 1.29 is 27.5 Å². The molecule has 2 unspecified atom stereocenters. The topological polar surface area (TPSA) is 43.4 Å². The normalized spacial score (nSPS) is 33.9. The summed E-state index contributed by atoms with van der Waals surface area (Å²) in [5.41, 5.74) is 3.87. The molecule has 0 radical (unpaired) electrons. The highest BCUT2D eigenvalue weighted by molar-refractivity contribution is 5.94. The third kappa shape index (κ3) is 3.80. The number of ketones is 2. The van der Waals surface area contributed by atoms with Crippen LogP contribution < -0.4 is 0 Å². The van der Waals surface area contributed by atoms with Crippen LogP contribution in [0.2, 0.25) is 0 Å². The number of carbonyl (C=O) groups excluding carboxylic acids is 2. The first-order chi connectivity index (χ1) is 16.5. The van der Waals surface area contributed by atoms with Crippen LogP contribution in [0.5, 0.6) is 0 Å². The molecule has 5 atom stereocenters. The fraction of sp³-hybridized carbons (Fsp3) is 0.517. The van der Waals surface area contributed by atoms with Crippen LogP contribution in [0.4, 0.5) is 13.2 Å². The van der Waals surface area contributed by atoms with Gasteiger partial charge in [0, 0.05) is 23.3 Å². The molecule has 4 aliphatic carbocycles. The van der Waals surface area contributed by atoms with Gasteiger partial charge in [-0.05, 0) is 87.0 Å². The van der Waals surface area contributed by atoms with Gasteiger partial charge in [0.1, 0.15) is 5.60 Å². The number of carbonyl (C=O) groups is 2. The fourth-order valence-corrected chi connectivity index (χ4v) is 7.52. The molecule has 0 spiro atoms. The van der Waals surface area contributed by atoms with Gasteiger partial charge >= 0.3 is 12.1 Å². The van der Waals surface area contributed by atoms with Gasteiger partial charge in [0.25, 0.3) is 0 Å². The second kappa shape index (κ2) is 8.49. The van der Waals surface area contributed by atoms with Crippen molar-refractivity contribution in [3.05, 3.63) is 70.3 Å². The van der Waals surface area contributed by atoms with E-state index in [1.807, 2.05) is 24.3 Å². The lowest BCUT2D eigenvalue weighted by atomic mass is 9.51. The molecule has 6 heteroatoms. The SMILES string of the molecule is CC(=O)c1ccc([C@H]2C[C@@]3(C)C(CC[C@]3(C)OC(F)=C(F)F)C3CCC4=CC(=O)CCC4=C32)cc1. The van der Waals surface area contributed by atoms with Crippen LogP contribution in [0, 0.1) is 17.3 Å². The zero-order chi connectivity index (χ0) is 25.1. The van der Waals surface area contributed by atoms with Gasteiger partial charge in [-0.2, -0.15) is 13.2 Å². The van der Waals surface area contributed by atoms with Crippen molar-refractivity contribution in [1.29, 1.82) is 0 Å². The van der Waals surface area contributed by atoms with E-state index < -0.39 is 23.1 Å². The molecule has 5 rings (SSSR count). The maximum absolute atomic E-state index is 14.1. The Labute approximate surface area is 204 Å². The largest absolute Gasteiger partial charge is 0.460 e. The predicted molar refractivity (Wildman–Crippen MR) is 127 cm³/mol. The number of rotatable bonds is 4. The summed E-state index contributed by atoms with van der Waals surface area (Å²) < 4.78 is 45.6. The number of allylic oxidation sites excluding steroid dienone is 4. The third-order valence-corrected chi connectivity index (χ3v) is 9.45. The number of hydrogen-bond donors (Lipinski definition) is 0. The van der Waals surface area contributed by atoms with Crippen molar-refractivity contribution in [2.45, 2.75) is 77.2 Å². The summed E-state index contributed by atoms with van der Waals surface area (Å²) in [7, 11) is 0. The highest BCUT2D eigenvalue weighted by Crippen LogP contribution is 2.67. The van der Waals surface area contributed by atoms with Gasteiger partial charge in [0.15, 0.2) is 11.6 Å². The molecular formula is C29H31F3O3. The van der Waals surface area contributed by atoms with E-state index in [0.717, 1.165) is 36.8 Å². The molecule has 0 bridgehead atoms. The Balaban J connectivity index is 1.64. The van der Waals surface area contributed by atoms with E-state index in [9.17, 15) is 22.8 Å². The Kier molecular flexibility index (Phi) is 5.84. The molecule has 3 nitrogen and oxygen atoms in total. The molecule has 0 saturated heterocycles. The van der Waals surface area contributed by atoms with E-state index in [4.69, 9.17) is 4.74 Å². The minimum Gasteiger partial charge on any atom is -0.460 e. The zero-order valence-corrected chi connectivity index (χ0v) is 20.4. The first kappa shape index (κ1) is 24.1. The lowest BCUT2D eigenvalue weighted by molar-refractivity contribution is -0.119. The number of halogens is 3. The average molecular weight is 485 g/mol. The molecule has 0 heterocycles. The van der Waals surface area contributed by atoms with Crippen LogP contribution >= 0.6 is 0 Å². The van der Waals surface area contributed by atoms with Gasteiger partial charge < -0.3 is 4.74 Å². The Morgan fingerprint density at radius 3 is 2.40 bits per heavy atom. The van der Waals surface area contributed by atoms with Gasteiger partial charge in [0.2, 0.25) is 0 Å². The molecule has 2 fully saturated rings. The maximum Gasteiger partial charge on any atom is 0.342 e. The van der Waals surface area contributed by atoms with Crippen molar-refractivity contribution in [2.75, 3.05) is 0 Å². The number of Topliss-reactive ketones (excluding diaryl/α,β-unsaturated/α-hetero) is 1. The summed E-state index contributed by atoms with van der Waals surface area (Å²) in [4.78, 5) is 24.0. The molecular weight excluding hydrogens is 453 g/mol. The minimum absolute atomic E-state index is 0.00640. The summed E-state index contributed by atoms with van der Waals surface area (Å²) >= 11 is 0. The molecule has 1 aromatic carbocycles. The Morgan fingerprint density at radius 1 is 1.03 bits per heavy atom. The molecule has 1 aromatic rings. The van der Waals surface area contributed by atoms with Crippen LogP contribution in [-0.2, 0) is 9.53 Å². The van der Waals surface area contributed by atoms with Crippen LogP contribution in [0.3, 0.4) is 0 Å². The van der Waals surface area contributed by atoms with Crippen LogP contribution in [0.15, 0.2) is 59.2 Å². The summed E-state index contributed by atoms with van der Waals surface area (Å²) in [6.07, 6.45) is 4.22. The molecule has 4 aliphatic rings. The van der Waals surface area contributed by atoms with E-state index in [2.05, 4.69) is 6.92 Å². The van der Waals surface area contributed by atoms with E-state index >= 15 is 0 Å². The number of hydrogen-bond acceptors (Lipinski definition) is 3. The van der Waals surface area contributed by atoms with E-state index in [0.29, 0.717) is 24.8 Å². The first-order valence-corrected chi connectivity index (χ1v) is 12.5. The number of benzene rings is 1. The fourth-order valence-electron chi connectivity index (χ4n) is 7.52. The van der Waals surface area contributed by atoms with Gasteiger partial charge in [-0.15, -0.1) is 0 Å². The molecule has 0 amide bonds. The van der Waals surface area contributed by atoms with Crippen molar-refractivity contribution in [3.63, 3.8) is 0 Å². The van der Waals surface area contributed by atoms with Gasteiger partial charge in [0.05, 0.1) is 0 Å². The summed E-state index contributed by atoms with van der Waals surface area (Å²) in [6, 6.07) is 5.86. The smallest absolute Gasteiger partial charge is 0.342 e. The van der Waals surface area contributed by atoms with Crippen molar-refractivity contribution >= 4 is 11.6 Å². The second-order valence-corrected chi connectivity index (χ2v) is 11.1. The first-order valence-electron chi connectivity index (χ1n) is 12.5. The lowest BCUT2D eigenvalue weighted by Gasteiger charge is -2.55.